The summed E-state index contributed by atoms with van der Waals surface area (Å²) in [4.78, 5) is 11.5. The summed E-state index contributed by atoms with van der Waals surface area (Å²) in [5.41, 5.74) is 0.245. The molecular weight excluding hydrogens is 254 g/mol. The monoisotopic (exact) mass is 273 g/mol. The average Bonchev–Trinajstić information content (AvgIpc) is 2.33. The normalized spacial score (nSPS) is 10.9. The molecule has 0 fully saturated rings. The Morgan fingerprint density at radius 1 is 1.50 bits per heavy atom. The van der Waals surface area contributed by atoms with E-state index in [1.54, 1.807) is 7.05 Å². The predicted molar refractivity (Wildman–Crippen MR) is 73.3 cm³/mol. The number of hydrogen-bond acceptors (Lipinski definition) is 4. The lowest BCUT2D eigenvalue weighted by atomic mass is 10.1. The molecule has 1 aromatic rings. The lowest BCUT2D eigenvalue weighted by molar-refractivity contribution is 0.132. The van der Waals surface area contributed by atoms with E-state index in [-0.39, 0.29) is 10.6 Å². The van der Waals surface area contributed by atoms with Crippen LogP contribution in [0.4, 0.5) is 5.69 Å². The van der Waals surface area contributed by atoms with E-state index in [4.69, 9.17) is 16.3 Å². The van der Waals surface area contributed by atoms with Crippen molar-refractivity contribution in [3.8, 4) is 0 Å². The Morgan fingerprint density at radius 2 is 2.22 bits per heavy atom. The molecule has 0 aromatic carbocycles. The third-order valence-electron chi connectivity index (χ3n) is 2.48. The van der Waals surface area contributed by atoms with Gasteiger partial charge < -0.3 is 10.1 Å². The molecule has 0 aliphatic carbocycles. The zero-order chi connectivity index (χ0) is 13.5. The SMILES string of the molecule is CC(C)CCOCCNc1cnn(C)c(=O)c1Cl. The van der Waals surface area contributed by atoms with Gasteiger partial charge in [-0.3, -0.25) is 4.79 Å². The molecule has 0 spiro atoms. The van der Waals surface area contributed by atoms with E-state index in [1.807, 2.05) is 0 Å². The van der Waals surface area contributed by atoms with Crippen molar-refractivity contribution in [1.82, 2.24) is 9.78 Å². The minimum Gasteiger partial charge on any atom is -0.380 e. The van der Waals surface area contributed by atoms with Gasteiger partial charge in [0.2, 0.25) is 0 Å². The fraction of sp³-hybridized carbons (Fsp3) is 0.667. The quantitative estimate of drug-likeness (QED) is 0.771. The van der Waals surface area contributed by atoms with E-state index < -0.39 is 0 Å². The number of hydrogen-bond donors (Lipinski definition) is 1. The van der Waals surface area contributed by atoms with Crippen molar-refractivity contribution in [2.45, 2.75) is 20.3 Å². The van der Waals surface area contributed by atoms with Gasteiger partial charge in [0.05, 0.1) is 18.5 Å². The lowest BCUT2D eigenvalue weighted by Crippen LogP contribution is -2.22. The highest BCUT2D eigenvalue weighted by molar-refractivity contribution is 6.32. The Hall–Kier alpha value is -1.07. The number of anilines is 1. The highest BCUT2D eigenvalue weighted by atomic mass is 35.5. The summed E-state index contributed by atoms with van der Waals surface area (Å²) in [6.07, 6.45) is 2.59. The van der Waals surface area contributed by atoms with Crippen LogP contribution < -0.4 is 10.9 Å². The van der Waals surface area contributed by atoms with Gasteiger partial charge in [-0.15, -0.1) is 0 Å². The highest BCUT2D eigenvalue weighted by Crippen LogP contribution is 2.14. The molecule has 0 atom stereocenters. The van der Waals surface area contributed by atoms with Crippen molar-refractivity contribution in [2.75, 3.05) is 25.1 Å². The molecule has 0 radical (unpaired) electrons. The zero-order valence-electron chi connectivity index (χ0n) is 11.1. The smallest absolute Gasteiger partial charge is 0.287 e. The Labute approximate surface area is 112 Å². The molecule has 0 saturated carbocycles. The molecule has 0 amide bonds. The Balaban J connectivity index is 2.32. The first kappa shape index (κ1) is 15.0. The maximum absolute atomic E-state index is 11.5. The maximum Gasteiger partial charge on any atom is 0.287 e. The van der Waals surface area contributed by atoms with Gasteiger partial charge in [0.1, 0.15) is 5.02 Å². The first-order valence-electron chi connectivity index (χ1n) is 6.05. The third kappa shape index (κ3) is 4.66. The number of ether oxygens (including phenoxy) is 1. The standard InChI is InChI=1S/C12H20ClN3O2/c1-9(2)4-6-18-7-5-14-10-8-15-16(3)12(17)11(10)13/h8-9,14H,4-7H2,1-3H3. The molecule has 6 heteroatoms. The van der Waals surface area contributed by atoms with Gasteiger partial charge in [0.25, 0.3) is 5.56 Å². The Kier molecular flexibility index (Phi) is 6.15. The second-order valence-electron chi connectivity index (χ2n) is 4.52. The number of nitrogens with one attached hydrogen (secondary N) is 1. The van der Waals surface area contributed by atoms with Crippen LogP contribution in [0.15, 0.2) is 11.0 Å². The predicted octanol–water partition coefficient (Wildman–Crippen LogP) is 1.91. The van der Waals surface area contributed by atoms with Crippen LogP contribution in [-0.2, 0) is 11.8 Å². The largest absolute Gasteiger partial charge is 0.380 e. The van der Waals surface area contributed by atoms with E-state index in [2.05, 4.69) is 24.3 Å². The van der Waals surface area contributed by atoms with Crippen LogP contribution in [0.5, 0.6) is 0 Å². The van der Waals surface area contributed by atoms with Crippen molar-refractivity contribution < 1.29 is 4.74 Å². The number of rotatable bonds is 7. The molecule has 5 nitrogen and oxygen atoms in total. The summed E-state index contributed by atoms with van der Waals surface area (Å²) < 4.78 is 6.65. The molecule has 1 rings (SSSR count). The molecule has 1 aromatic heterocycles. The summed E-state index contributed by atoms with van der Waals surface area (Å²) in [7, 11) is 1.56. The minimum atomic E-state index is -0.303. The molecule has 0 unspecified atom stereocenters. The van der Waals surface area contributed by atoms with Crippen molar-refractivity contribution in [3.63, 3.8) is 0 Å². The fourth-order valence-corrected chi connectivity index (χ4v) is 1.55. The summed E-state index contributed by atoms with van der Waals surface area (Å²) in [6, 6.07) is 0. The second kappa shape index (κ2) is 7.38. The molecular formula is C12H20ClN3O2. The molecule has 0 aliphatic rings. The number of aromatic nitrogens is 2. The minimum absolute atomic E-state index is 0.162. The molecule has 1 heterocycles. The van der Waals surface area contributed by atoms with Gasteiger partial charge in [0, 0.05) is 20.2 Å². The summed E-state index contributed by atoms with van der Waals surface area (Å²) in [5.74, 6) is 0.647. The summed E-state index contributed by atoms with van der Waals surface area (Å²) >= 11 is 5.90. The van der Waals surface area contributed by atoms with E-state index in [0.29, 0.717) is 24.8 Å². The Bertz CT molecular complexity index is 432. The van der Waals surface area contributed by atoms with Crippen LogP contribution in [0.2, 0.25) is 5.02 Å². The summed E-state index contributed by atoms with van der Waals surface area (Å²) in [6.45, 7) is 6.26. The van der Waals surface area contributed by atoms with Crippen LogP contribution in [0, 0.1) is 5.92 Å². The van der Waals surface area contributed by atoms with Gasteiger partial charge in [-0.05, 0) is 12.3 Å². The molecule has 0 bridgehead atoms. The van der Waals surface area contributed by atoms with Gasteiger partial charge in [-0.2, -0.15) is 5.10 Å². The number of halogens is 1. The van der Waals surface area contributed by atoms with Crippen molar-refractivity contribution in [2.24, 2.45) is 13.0 Å². The maximum atomic E-state index is 11.5. The summed E-state index contributed by atoms with van der Waals surface area (Å²) in [5, 5.41) is 7.09. The van der Waals surface area contributed by atoms with Gasteiger partial charge in [0.15, 0.2) is 0 Å². The van der Waals surface area contributed by atoms with Gasteiger partial charge in [-0.1, -0.05) is 25.4 Å². The van der Waals surface area contributed by atoms with Crippen molar-refractivity contribution in [3.05, 3.63) is 21.6 Å². The average molecular weight is 274 g/mol. The fourth-order valence-electron chi connectivity index (χ4n) is 1.31. The first-order valence-corrected chi connectivity index (χ1v) is 6.43. The second-order valence-corrected chi connectivity index (χ2v) is 4.90. The molecule has 0 aliphatic heterocycles. The zero-order valence-corrected chi connectivity index (χ0v) is 11.8. The molecule has 1 N–H and O–H groups in total. The number of aryl methyl sites for hydroxylation is 1. The van der Waals surface area contributed by atoms with E-state index in [0.717, 1.165) is 13.0 Å². The van der Waals surface area contributed by atoms with Gasteiger partial charge in [-0.25, -0.2) is 4.68 Å². The van der Waals surface area contributed by atoms with Crippen molar-refractivity contribution in [1.29, 1.82) is 0 Å². The third-order valence-corrected chi connectivity index (χ3v) is 2.84. The molecule has 0 saturated heterocycles. The molecule has 102 valence electrons. The van der Waals surface area contributed by atoms with Crippen LogP contribution in [0.3, 0.4) is 0 Å². The highest BCUT2D eigenvalue weighted by Gasteiger charge is 2.06. The van der Waals surface area contributed by atoms with Crippen LogP contribution in [-0.4, -0.2) is 29.5 Å². The van der Waals surface area contributed by atoms with E-state index in [1.165, 1.54) is 10.9 Å². The Morgan fingerprint density at radius 3 is 2.89 bits per heavy atom. The van der Waals surface area contributed by atoms with Crippen LogP contribution in [0.1, 0.15) is 20.3 Å². The number of nitrogens with zero attached hydrogens (tertiary/aromatic N) is 2. The van der Waals surface area contributed by atoms with Crippen molar-refractivity contribution >= 4 is 17.3 Å². The lowest BCUT2D eigenvalue weighted by Gasteiger charge is -2.09. The van der Waals surface area contributed by atoms with Gasteiger partial charge >= 0.3 is 0 Å². The van der Waals surface area contributed by atoms with E-state index >= 15 is 0 Å². The van der Waals surface area contributed by atoms with Crippen LogP contribution >= 0.6 is 11.6 Å². The van der Waals surface area contributed by atoms with Crippen LogP contribution in [0.25, 0.3) is 0 Å². The molecule has 18 heavy (non-hydrogen) atoms. The topological polar surface area (TPSA) is 56.1 Å². The van der Waals surface area contributed by atoms with E-state index in [9.17, 15) is 4.79 Å². The first-order chi connectivity index (χ1) is 8.52.